The monoisotopic (exact) mass is 218 g/mol. The number of hydrogen-bond donors (Lipinski definition) is 0. The van der Waals surface area contributed by atoms with Gasteiger partial charge < -0.3 is 0 Å². The molecule has 4 heteroatoms. The average Bonchev–Trinajstić information content (AvgIpc) is 2.71. The number of aromatic nitrogens is 2. The highest BCUT2D eigenvalue weighted by Crippen LogP contribution is 2.19. The first kappa shape index (κ1) is 9.98. The van der Waals surface area contributed by atoms with Crippen molar-refractivity contribution in [1.82, 2.24) is 8.96 Å². The first-order valence-electron chi connectivity index (χ1n) is 4.53. The second-order valence-electron chi connectivity index (χ2n) is 3.09. The van der Waals surface area contributed by atoms with E-state index >= 15 is 0 Å². The summed E-state index contributed by atoms with van der Waals surface area (Å²) in [6.45, 7) is 1.57. The molecular weight excluding hydrogens is 208 g/mol. The van der Waals surface area contributed by atoms with Crippen LogP contribution in [0.1, 0.15) is 17.3 Å². The van der Waals surface area contributed by atoms with E-state index in [0.717, 1.165) is 10.5 Å². The standard InChI is InChI=1S/C11H10N2OS/c1-9(14)10-2-4-11(5-3-10)15-13-7-6-12-8-13/h2-8H,1H3. The van der Waals surface area contributed by atoms with Crippen LogP contribution in [-0.4, -0.2) is 14.7 Å². The van der Waals surface area contributed by atoms with Gasteiger partial charge >= 0.3 is 0 Å². The predicted molar refractivity (Wildman–Crippen MR) is 59.9 cm³/mol. The molecule has 0 N–H and O–H groups in total. The van der Waals surface area contributed by atoms with Gasteiger partial charge in [0.05, 0.1) is 0 Å². The molecule has 0 spiro atoms. The Morgan fingerprint density at radius 3 is 2.60 bits per heavy atom. The Hall–Kier alpha value is -1.55. The third kappa shape index (κ3) is 2.47. The Morgan fingerprint density at radius 1 is 1.33 bits per heavy atom. The summed E-state index contributed by atoms with van der Waals surface area (Å²) in [5.41, 5.74) is 0.741. The van der Waals surface area contributed by atoms with Gasteiger partial charge in [-0.1, -0.05) is 12.1 Å². The highest BCUT2D eigenvalue weighted by molar-refractivity contribution is 7.97. The Balaban J connectivity index is 2.14. The van der Waals surface area contributed by atoms with Crippen molar-refractivity contribution in [2.45, 2.75) is 11.8 Å². The first-order chi connectivity index (χ1) is 7.25. The van der Waals surface area contributed by atoms with E-state index in [1.54, 1.807) is 31.4 Å². The predicted octanol–water partition coefficient (Wildman–Crippen LogP) is 2.64. The molecule has 1 heterocycles. The molecule has 2 rings (SSSR count). The molecule has 0 aliphatic rings. The van der Waals surface area contributed by atoms with Crippen molar-refractivity contribution in [2.75, 3.05) is 0 Å². The number of ketones is 1. The van der Waals surface area contributed by atoms with Crippen molar-refractivity contribution in [1.29, 1.82) is 0 Å². The zero-order valence-electron chi connectivity index (χ0n) is 8.25. The number of hydrogen-bond acceptors (Lipinski definition) is 3. The number of nitrogens with zero attached hydrogens (tertiary/aromatic N) is 2. The fourth-order valence-electron chi connectivity index (χ4n) is 1.17. The molecule has 0 saturated carbocycles. The number of carbonyl (C=O) groups excluding carboxylic acids is 1. The lowest BCUT2D eigenvalue weighted by Crippen LogP contribution is -1.90. The molecule has 0 unspecified atom stereocenters. The molecule has 3 nitrogen and oxygen atoms in total. The summed E-state index contributed by atoms with van der Waals surface area (Å²) in [5.74, 6) is 0.0918. The van der Waals surface area contributed by atoms with Crippen molar-refractivity contribution in [3.05, 3.63) is 48.5 Å². The van der Waals surface area contributed by atoms with Crippen molar-refractivity contribution >= 4 is 17.7 Å². The van der Waals surface area contributed by atoms with Crippen LogP contribution in [0, 0.1) is 0 Å². The maximum Gasteiger partial charge on any atom is 0.159 e. The van der Waals surface area contributed by atoms with E-state index in [0.29, 0.717) is 0 Å². The second-order valence-corrected chi connectivity index (χ2v) is 4.17. The normalized spacial score (nSPS) is 10.2. The third-order valence-corrected chi connectivity index (χ3v) is 2.86. The number of carbonyl (C=O) groups is 1. The number of Topliss-reactive ketones (excluding diaryl/α,β-unsaturated/α-hetero) is 1. The molecule has 2 aromatic rings. The SMILES string of the molecule is CC(=O)c1ccc(Sn2ccnc2)cc1. The van der Waals surface area contributed by atoms with Gasteiger partial charge in [0, 0.05) is 22.9 Å². The van der Waals surface area contributed by atoms with E-state index in [2.05, 4.69) is 4.98 Å². The maximum atomic E-state index is 11.1. The zero-order chi connectivity index (χ0) is 10.7. The van der Waals surface area contributed by atoms with Crippen LogP contribution in [0.5, 0.6) is 0 Å². The van der Waals surface area contributed by atoms with Crippen LogP contribution in [0.25, 0.3) is 0 Å². The molecule has 0 aliphatic heterocycles. The molecule has 1 aromatic carbocycles. The van der Waals surface area contributed by atoms with E-state index in [1.165, 1.54) is 0 Å². The van der Waals surface area contributed by atoms with Crippen LogP contribution in [0.15, 0.2) is 47.9 Å². The van der Waals surface area contributed by atoms with E-state index in [9.17, 15) is 4.79 Å². The van der Waals surface area contributed by atoms with Gasteiger partial charge in [0.2, 0.25) is 0 Å². The van der Waals surface area contributed by atoms with E-state index in [-0.39, 0.29) is 5.78 Å². The van der Waals surface area contributed by atoms with Gasteiger partial charge in [0.25, 0.3) is 0 Å². The molecular formula is C11H10N2OS. The molecule has 1 aromatic heterocycles. The minimum absolute atomic E-state index is 0.0918. The molecule has 0 radical (unpaired) electrons. The fraction of sp³-hybridized carbons (Fsp3) is 0.0909. The summed E-state index contributed by atoms with van der Waals surface area (Å²) in [6, 6.07) is 7.53. The smallest absolute Gasteiger partial charge is 0.159 e. The number of rotatable bonds is 3. The van der Waals surface area contributed by atoms with Crippen molar-refractivity contribution in [3.8, 4) is 0 Å². The number of benzene rings is 1. The summed E-state index contributed by atoms with van der Waals surface area (Å²) in [5, 5.41) is 0. The van der Waals surface area contributed by atoms with Crippen molar-refractivity contribution < 1.29 is 4.79 Å². The Kier molecular flexibility index (Phi) is 2.87. The van der Waals surface area contributed by atoms with Crippen LogP contribution in [-0.2, 0) is 0 Å². The summed E-state index contributed by atoms with van der Waals surface area (Å²) < 4.78 is 1.91. The Morgan fingerprint density at radius 2 is 2.07 bits per heavy atom. The van der Waals surface area contributed by atoms with E-state index < -0.39 is 0 Å². The fourth-order valence-corrected chi connectivity index (χ4v) is 1.89. The van der Waals surface area contributed by atoms with Crippen LogP contribution in [0.2, 0.25) is 0 Å². The Labute approximate surface area is 92.3 Å². The summed E-state index contributed by atoms with van der Waals surface area (Å²) in [6.07, 6.45) is 5.35. The molecule has 0 saturated heterocycles. The van der Waals surface area contributed by atoms with Gasteiger partial charge in [0.15, 0.2) is 5.78 Å². The van der Waals surface area contributed by atoms with Gasteiger partial charge in [-0.05, 0) is 31.0 Å². The highest BCUT2D eigenvalue weighted by atomic mass is 32.2. The highest BCUT2D eigenvalue weighted by Gasteiger charge is 1.99. The minimum atomic E-state index is 0.0918. The lowest BCUT2D eigenvalue weighted by molar-refractivity contribution is 0.101. The molecule has 0 atom stereocenters. The van der Waals surface area contributed by atoms with Gasteiger partial charge in [-0.25, -0.2) is 4.98 Å². The maximum absolute atomic E-state index is 11.1. The largest absolute Gasteiger partial charge is 0.295 e. The lowest BCUT2D eigenvalue weighted by atomic mass is 10.2. The Bertz CT molecular complexity index is 448. The van der Waals surface area contributed by atoms with Crippen molar-refractivity contribution in [2.24, 2.45) is 0 Å². The minimum Gasteiger partial charge on any atom is -0.295 e. The average molecular weight is 218 g/mol. The van der Waals surface area contributed by atoms with Crippen LogP contribution in [0.3, 0.4) is 0 Å². The van der Waals surface area contributed by atoms with Gasteiger partial charge in [-0.15, -0.1) is 0 Å². The topological polar surface area (TPSA) is 34.9 Å². The molecule has 76 valence electrons. The first-order valence-corrected chi connectivity index (χ1v) is 5.30. The third-order valence-electron chi connectivity index (χ3n) is 1.95. The molecule has 0 aliphatic carbocycles. The molecule has 0 amide bonds. The lowest BCUT2D eigenvalue weighted by Gasteiger charge is -2.01. The summed E-state index contributed by atoms with van der Waals surface area (Å²) in [7, 11) is 0. The molecule has 0 bridgehead atoms. The molecule has 0 fully saturated rings. The quantitative estimate of drug-likeness (QED) is 0.743. The van der Waals surface area contributed by atoms with Crippen LogP contribution < -0.4 is 0 Å². The van der Waals surface area contributed by atoms with Crippen molar-refractivity contribution in [3.63, 3.8) is 0 Å². The summed E-state index contributed by atoms with van der Waals surface area (Å²) in [4.78, 5) is 16.1. The van der Waals surface area contributed by atoms with Crippen LogP contribution in [0.4, 0.5) is 0 Å². The zero-order valence-corrected chi connectivity index (χ0v) is 9.07. The van der Waals surface area contributed by atoms with Gasteiger partial charge in [-0.3, -0.25) is 8.77 Å². The van der Waals surface area contributed by atoms with Gasteiger partial charge in [0.1, 0.15) is 6.33 Å². The number of imidazole rings is 1. The molecule has 15 heavy (non-hydrogen) atoms. The van der Waals surface area contributed by atoms with Gasteiger partial charge in [-0.2, -0.15) is 0 Å². The second kappa shape index (κ2) is 4.31. The van der Waals surface area contributed by atoms with Crippen LogP contribution >= 0.6 is 11.9 Å². The summed E-state index contributed by atoms with van der Waals surface area (Å²) >= 11 is 1.56. The van der Waals surface area contributed by atoms with E-state index in [4.69, 9.17) is 0 Å². The van der Waals surface area contributed by atoms with E-state index in [1.807, 2.05) is 34.4 Å².